The fraction of sp³-hybridized carbons (Fsp3) is 0.343. The van der Waals surface area contributed by atoms with Crippen LogP contribution in [0.25, 0.3) is 17.7 Å². The molecule has 7 aliphatic rings. The molecule has 1 N–H and O–H groups in total. The van der Waals surface area contributed by atoms with E-state index >= 15 is 0 Å². The van der Waals surface area contributed by atoms with Gasteiger partial charge in [0.1, 0.15) is 23.0 Å². The largest absolute Gasteiger partial charge is 0.485 e. The Morgan fingerprint density at radius 2 is 1.58 bits per heavy atom. The molecule has 0 saturated carbocycles. The molecule has 2 unspecified atom stereocenters. The van der Waals surface area contributed by atoms with E-state index in [9.17, 15) is 0 Å². The first kappa shape index (κ1) is 22.4. The van der Waals surface area contributed by atoms with E-state index in [2.05, 4.69) is 54.7 Å². The first-order valence-electron chi connectivity index (χ1n) is 14.4. The third-order valence-electron chi connectivity index (χ3n) is 9.43. The summed E-state index contributed by atoms with van der Waals surface area (Å²) in [5.74, 6) is 2.42. The Morgan fingerprint density at radius 1 is 0.789 bits per heavy atom. The predicted octanol–water partition coefficient (Wildman–Crippen LogP) is 6.84. The van der Waals surface area contributed by atoms with Crippen molar-refractivity contribution in [1.29, 1.82) is 5.41 Å². The molecule has 0 aromatic carbocycles. The molecule has 0 fully saturated rings. The zero-order valence-electron chi connectivity index (χ0n) is 21.8. The van der Waals surface area contributed by atoms with E-state index in [4.69, 9.17) is 14.6 Å². The zero-order valence-corrected chi connectivity index (χ0v) is 21.8. The van der Waals surface area contributed by atoms with Crippen LogP contribution in [0.15, 0.2) is 91.7 Å². The highest BCUT2D eigenvalue weighted by molar-refractivity contribution is 5.81. The van der Waals surface area contributed by atoms with Crippen LogP contribution in [0.5, 0.6) is 0 Å². The SMILES string of the molecule is N=CC1=CCCC(C2=CC3=C(C=C(C4=c5c6c(oc5=CC5C7=C(C=CCC7)OC45)C=CCC6)CC3)CC2)=C1. The fourth-order valence-electron chi connectivity index (χ4n) is 7.59. The third kappa shape index (κ3) is 3.44. The first-order valence-corrected chi connectivity index (χ1v) is 14.4. The molecular weight excluding hydrogens is 466 g/mol. The Balaban J connectivity index is 1.24. The lowest BCUT2D eigenvalue weighted by atomic mass is 9.75. The van der Waals surface area contributed by atoms with Crippen LogP contribution in [0.3, 0.4) is 0 Å². The molecule has 0 spiro atoms. The Kier molecular flexibility index (Phi) is 5.14. The van der Waals surface area contributed by atoms with Crippen molar-refractivity contribution in [3.63, 3.8) is 0 Å². The first-order chi connectivity index (χ1) is 18.8. The number of nitrogens with one attached hydrogen (secondary N) is 1. The van der Waals surface area contributed by atoms with Crippen molar-refractivity contribution in [2.24, 2.45) is 5.92 Å². The smallest absolute Gasteiger partial charge is 0.135 e. The van der Waals surface area contributed by atoms with E-state index in [0.717, 1.165) is 86.7 Å². The minimum Gasteiger partial charge on any atom is -0.485 e. The number of furan rings is 1. The van der Waals surface area contributed by atoms with Crippen LogP contribution in [0.1, 0.15) is 69.1 Å². The standard InChI is InChI=1S/C35H33NO2/c36-20-21-6-5-7-22(16-21)23-12-13-25-18-26(15-14-24(25)17-23)33-34-28-9-2-4-11-31(28)37-32(34)19-29-27-8-1-3-10-30(27)38-35(29)33/h3-4,6,10-11,16-20,29,35-36H,1-2,5,7-9,12-15H2. The zero-order chi connectivity index (χ0) is 25.2. The van der Waals surface area contributed by atoms with E-state index in [-0.39, 0.29) is 12.0 Å². The van der Waals surface area contributed by atoms with E-state index in [1.807, 2.05) is 0 Å². The van der Waals surface area contributed by atoms with Crippen LogP contribution >= 0.6 is 0 Å². The molecule has 1 aliphatic heterocycles. The van der Waals surface area contributed by atoms with Crippen molar-refractivity contribution in [1.82, 2.24) is 0 Å². The molecule has 0 saturated heterocycles. The van der Waals surface area contributed by atoms with Gasteiger partial charge in [-0.3, -0.25) is 0 Å². The molecule has 0 amide bonds. The highest BCUT2D eigenvalue weighted by Crippen LogP contribution is 2.47. The summed E-state index contributed by atoms with van der Waals surface area (Å²) in [5.41, 5.74) is 13.7. The molecule has 6 aliphatic carbocycles. The van der Waals surface area contributed by atoms with Crippen LogP contribution < -0.4 is 10.6 Å². The van der Waals surface area contributed by atoms with Gasteiger partial charge in [0.05, 0.1) is 0 Å². The highest BCUT2D eigenvalue weighted by atomic mass is 16.5. The molecule has 190 valence electrons. The van der Waals surface area contributed by atoms with Crippen LogP contribution in [0.2, 0.25) is 0 Å². The monoisotopic (exact) mass is 499 g/mol. The Labute approximate surface area is 223 Å². The van der Waals surface area contributed by atoms with Gasteiger partial charge in [0.2, 0.25) is 0 Å². The maximum Gasteiger partial charge on any atom is 0.135 e. The van der Waals surface area contributed by atoms with Gasteiger partial charge in [-0.1, -0.05) is 36.5 Å². The number of allylic oxidation sites excluding steroid dienone is 12. The molecular formula is C35H33NO2. The number of fused-ring (bicyclic) bond motifs is 5. The molecule has 8 rings (SSSR count). The summed E-state index contributed by atoms with van der Waals surface area (Å²) in [6, 6.07) is 0. The number of ether oxygens (including phenoxy) is 1. The summed E-state index contributed by atoms with van der Waals surface area (Å²) >= 11 is 0. The molecule has 0 radical (unpaired) electrons. The van der Waals surface area contributed by atoms with Crippen molar-refractivity contribution >= 4 is 23.9 Å². The van der Waals surface area contributed by atoms with Crippen molar-refractivity contribution in [3.05, 3.63) is 109 Å². The lowest BCUT2D eigenvalue weighted by molar-refractivity contribution is 0.183. The Hall–Kier alpha value is -3.59. The van der Waals surface area contributed by atoms with Crippen molar-refractivity contribution in [2.45, 2.75) is 70.3 Å². The minimum atomic E-state index is 0.0599. The maximum atomic E-state index is 7.66. The second-order valence-corrected chi connectivity index (χ2v) is 11.5. The lowest BCUT2D eigenvalue weighted by Crippen LogP contribution is -2.39. The molecule has 3 heteroatoms. The van der Waals surface area contributed by atoms with Crippen LogP contribution in [-0.4, -0.2) is 12.3 Å². The molecule has 2 atom stereocenters. The highest BCUT2D eigenvalue weighted by Gasteiger charge is 2.42. The number of hydrogen-bond donors (Lipinski definition) is 1. The summed E-state index contributed by atoms with van der Waals surface area (Å²) in [6.45, 7) is 0. The van der Waals surface area contributed by atoms with Gasteiger partial charge >= 0.3 is 0 Å². The molecule has 2 heterocycles. The number of hydrogen-bond acceptors (Lipinski definition) is 3. The average Bonchev–Trinajstić information content (AvgIpc) is 3.53. The lowest BCUT2D eigenvalue weighted by Gasteiger charge is -2.30. The molecule has 3 nitrogen and oxygen atoms in total. The van der Waals surface area contributed by atoms with Gasteiger partial charge in [0.15, 0.2) is 0 Å². The topological polar surface area (TPSA) is 46.2 Å². The van der Waals surface area contributed by atoms with Crippen molar-refractivity contribution in [3.8, 4) is 0 Å². The molecule has 0 bridgehead atoms. The normalized spacial score (nSPS) is 27.1. The van der Waals surface area contributed by atoms with E-state index < -0.39 is 0 Å². The van der Waals surface area contributed by atoms with Crippen molar-refractivity contribution < 1.29 is 9.15 Å². The van der Waals surface area contributed by atoms with E-state index in [0.29, 0.717) is 0 Å². The molecule has 38 heavy (non-hydrogen) atoms. The summed E-state index contributed by atoms with van der Waals surface area (Å²) in [5, 5.41) is 8.99. The maximum absolute atomic E-state index is 7.66. The fourth-order valence-corrected chi connectivity index (χ4v) is 7.59. The minimum absolute atomic E-state index is 0.0599. The van der Waals surface area contributed by atoms with Gasteiger partial charge in [-0.25, -0.2) is 0 Å². The Morgan fingerprint density at radius 3 is 2.47 bits per heavy atom. The second-order valence-electron chi connectivity index (χ2n) is 11.5. The Bertz CT molecular complexity index is 1660. The summed E-state index contributed by atoms with van der Waals surface area (Å²) in [7, 11) is 0. The quantitative estimate of drug-likeness (QED) is 0.463. The summed E-state index contributed by atoms with van der Waals surface area (Å²) < 4.78 is 13.3. The average molecular weight is 500 g/mol. The van der Waals surface area contributed by atoms with Gasteiger partial charge in [-0.2, -0.15) is 0 Å². The van der Waals surface area contributed by atoms with Crippen LogP contribution in [-0.2, 0) is 11.2 Å². The summed E-state index contributed by atoms with van der Waals surface area (Å²) in [4.78, 5) is 0. The second kappa shape index (κ2) is 8.73. The van der Waals surface area contributed by atoms with Gasteiger partial charge in [0, 0.05) is 28.5 Å². The van der Waals surface area contributed by atoms with Gasteiger partial charge in [-0.05, 0) is 121 Å². The van der Waals surface area contributed by atoms with Gasteiger partial charge in [0.25, 0.3) is 0 Å². The van der Waals surface area contributed by atoms with Crippen LogP contribution in [0.4, 0.5) is 0 Å². The molecule has 1 aromatic rings. The summed E-state index contributed by atoms with van der Waals surface area (Å²) in [6.07, 6.45) is 32.9. The van der Waals surface area contributed by atoms with Crippen molar-refractivity contribution in [2.75, 3.05) is 0 Å². The predicted molar refractivity (Wildman–Crippen MR) is 153 cm³/mol. The van der Waals surface area contributed by atoms with Gasteiger partial charge in [-0.15, -0.1) is 0 Å². The van der Waals surface area contributed by atoms with Crippen LogP contribution in [0, 0.1) is 11.3 Å². The third-order valence-corrected chi connectivity index (χ3v) is 9.43. The molecule has 1 aromatic heterocycles. The number of rotatable bonds is 3. The van der Waals surface area contributed by atoms with E-state index in [1.54, 1.807) is 0 Å². The van der Waals surface area contributed by atoms with Gasteiger partial charge < -0.3 is 14.6 Å². The van der Waals surface area contributed by atoms with E-state index in [1.165, 1.54) is 56.0 Å².